The molecule has 2 N–H and O–H groups in total. The van der Waals surface area contributed by atoms with Gasteiger partial charge in [0, 0.05) is 11.6 Å². The van der Waals surface area contributed by atoms with E-state index in [1.807, 2.05) is 0 Å². The topological polar surface area (TPSA) is 35.5 Å². The van der Waals surface area contributed by atoms with Crippen LogP contribution in [0.5, 0.6) is 0 Å². The second-order valence-corrected chi connectivity index (χ2v) is 5.91. The van der Waals surface area contributed by atoms with E-state index >= 15 is 0 Å². The van der Waals surface area contributed by atoms with Crippen molar-refractivity contribution in [1.29, 1.82) is 0 Å². The first-order valence-electron chi connectivity index (χ1n) is 7.08. The van der Waals surface area contributed by atoms with E-state index in [1.54, 1.807) is 0 Å². The maximum absolute atomic E-state index is 9.41. The van der Waals surface area contributed by atoms with Crippen LogP contribution in [-0.4, -0.2) is 48.3 Å². The Balaban J connectivity index is 2.20. The lowest BCUT2D eigenvalue weighted by Crippen LogP contribution is -2.46. The summed E-state index contributed by atoms with van der Waals surface area (Å²) < 4.78 is 0. The van der Waals surface area contributed by atoms with Crippen molar-refractivity contribution in [3.63, 3.8) is 0 Å². The summed E-state index contributed by atoms with van der Waals surface area (Å²) in [5.74, 6) is 0.943. The highest BCUT2D eigenvalue weighted by Crippen LogP contribution is 2.34. The fourth-order valence-electron chi connectivity index (χ4n) is 2.51. The summed E-state index contributed by atoms with van der Waals surface area (Å²) in [6, 6.07) is 0.731. The average Bonchev–Trinajstić information content (AvgIpc) is 3.12. The van der Waals surface area contributed by atoms with Crippen LogP contribution in [0.1, 0.15) is 46.5 Å². The smallest absolute Gasteiger partial charge is 0.0610 e. The Bertz CT molecular complexity index is 218. The molecular weight excluding hydrogens is 212 g/mol. The number of hydrogen-bond acceptors (Lipinski definition) is 3. The average molecular weight is 242 g/mol. The van der Waals surface area contributed by atoms with Gasteiger partial charge in [-0.1, -0.05) is 6.92 Å². The van der Waals surface area contributed by atoms with E-state index in [4.69, 9.17) is 0 Å². The van der Waals surface area contributed by atoms with Crippen molar-refractivity contribution in [3.05, 3.63) is 0 Å². The number of nitrogens with zero attached hydrogens (tertiary/aromatic N) is 1. The highest BCUT2D eigenvalue weighted by atomic mass is 16.3. The molecule has 17 heavy (non-hydrogen) atoms. The molecule has 1 fully saturated rings. The van der Waals surface area contributed by atoms with Crippen molar-refractivity contribution >= 4 is 0 Å². The lowest BCUT2D eigenvalue weighted by molar-refractivity contribution is 0.155. The monoisotopic (exact) mass is 242 g/mol. The Labute approximate surface area is 107 Å². The van der Waals surface area contributed by atoms with Crippen LogP contribution in [0.3, 0.4) is 0 Å². The molecule has 0 radical (unpaired) electrons. The van der Waals surface area contributed by atoms with Gasteiger partial charge in [-0.3, -0.25) is 0 Å². The minimum atomic E-state index is -0.0988. The van der Waals surface area contributed by atoms with Gasteiger partial charge in [0.15, 0.2) is 0 Å². The molecule has 1 rings (SSSR count). The van der Waals surface area contributed by atoms with Crippen molar-refractivity contribution in [2.24, 2.45) is 5.92 Å². The van der Waals surface area contributed by atoms with Gasteiger partial charge in [0.05, 0.1) is 6.61 Å². The van der Waals surface area contributed by atoms with Gasteiger partial charge in [-0.15, -0.1) is 0 Å². The van der Waals surface area contributed by atoms with Crippen LogP contribution in [0, 0.1) is 5.92 Å². The Morgan fingerprint density at radius 3 is 2.59 bits per heavy atom. The molecule has 0 bridgehead atoms. The third-order valence-corrected chi connectivity index (χ3v) is 4.19. The van der Waals surface area contributed by atoms with Gasteiger partial charge in [-0.2, -0.15) is 0 Å². The van der Waals surface area contributed by atoms with Crippen molar-refractivity contribution < 1.29 is 5.11 Å². The Kier molecular flexibility index (Phi) is 5.90. The highest BCUT2D eigenvalue weighted by Gasteiger charge is 2.30. The fraction of sp³-hybridized carbons (Fsp3) is 1.00. The molecule has 3 heteroatoms. The number of hydrogen-bond donors (Lipinski definition) is 2. The first-order valence-corrected chi connectivity index (χ1v) is 7.08. The lowest BCUT2D eigenvalue weighted by atomic mass is 9.96. The zero-order valence-electron chi connectivity index (χ0n) is 12.0. The molecule has 0 spiro atoms. The largest absolute Gasteiger partial charge is 0.394 e. The van der Waals surface area contributed by atoms with Gasteiger partial charge >= 0.3 is 0 Å². The van der Waals surface area contributed by atoms with E-state index in [0.29, 0.717) is 0 Å². The summed E-state index contributed by atoms with van der Waals surface area (Å²) in [4.78, 5) is 2.47. The van der Waals surface area contributed by atoms with E-state index in [1.165, 1.54) is 12.8 Å². The van der Waals surface area contributed by atoms with Gasteiger partial charge in [-0.25, -0.2) is 0 Å². The lowest BCUT2D eigenvalue weighted by Gasteiger charge is -2.30. The predicted octanol–water partition coefficient (Wildman–Crippen LogP) is 1.86. The van der Waals surface area contributed by atoms with Gasteiger partial charge < -0.3 is 15.3 Å². The molecule has 1 aliphatic rings. The van der Waals surface area contributed by atoms with Crippen LogP contribution in [0.15, 0.2) is 0 Å². The van der Waals surface area contributed by atoms with Gasteiger partial charge in [0.25, 0.3) is 0 Å². The molecule has 0 saturated heterocycles. The maximum atomic E-state index is 9.41. The summed E-state index contributed by atoms with van der Waals surface area (Å²) >= 11 is 0. The molecule has 0 amide bonds. The standard InChI is InChI=1S/C14H30N2O/c1-5-15-14(3,11-17)9-6-10-16(4)12(2)13-7-8-13/h12-13,15,17H,5-11H2,1-4H3. The van der Waals surface area contributed by atoms with Gasteiger partial charge in [-0.05, 0) is 65.6 Å². The highest BCUT2D eigenvalue weighted by molar-refractivity contribution is 4.85. The molecule has 3 nitrogen and oxygen atoms in total. The Hall–Kier alpha value is -0.120. The Morgan fingerprint density at radius 1 is 1.47 bits per heavy atom. The van der Waals surface area contributed by atoms with Crippen molar-refractivity contribution in [2.75, 3.05) is 26.7 Å². The summed E-state index contributed by atoms with van der Waals surface area (Å²) in [5.41, 5.74) is -0.0988. The molecule has 2 atom stereocenters. The summed E-state index contributed by atoms with van der Waals surface area (Å²) in [6.07, 6.45) is 5.02. The number of aliphatic hydroxyl groups excluding tert-OH is 1. The second-order valence-electron chi connectivity index (χ2n) is 5.91. The van der Waals surface area contributed by atoms with E-state index in [-0.39, 0.29) is 12.1 Å². The molecule has 1 aliphatic carbocycles. The normalized spacial score (nSPS) is 21.5. The van der Waals surface area contributed by atoms with Crippen molar-refractivity contribution in [1.82, 2.24) is 10.2 Å². The summed E-state index contributed by atoms with van der Waals surface area (Å²) in [6.45, 7) is 8.83. The van der Waals surface area contributed by atoms with Crippen molar-refractivity contribution in [2.45, 2.75) is 58.0 Å². The number of rotatable bonds is 9. The minimum Gasteiger partial charge on any atom is -0.394 e. The fourth-order valence-corrected chi connectivity index (χ4v) is 2.51. The number of likely N-dealkylation sites (N-methyl/N-ethyl adjacent to an activating group) is 1. The molecule has 0 aromatic carbocycles. The molecule has 102 valence electrons. The van der Waals surface area contributed by atoms with Crippen LogP contribution < -0.4 is 5.32 Å². The van der Waals surface area contributed by atoms with E-state index in [2.05, 4.69) is 38.0 Å². The van der Waals surface area contributed by atoms with Crippen molar-refractivity contribution in [3.8, 4) is 0 Å². The summed E-state index contributed by atoms with van der Waals surface area (Å²) in [7, 11) is 2.23. The van der Waals surface area contributed by atoms with Crippen LogP contribution in [-0.2, 0) is 0 Å². The first-order chi connectivity index (χ1) is 8.02. The van der Waals surface area contributed by atoms with Gasteiger partial charge in [0.2, 0.25) is 0 Å². The Morgan fingerprint density at radius 2 is 2.12 bits per heavy atom. The minimum absolute atomic E-state index is 0.0988. The molecule has 0 heterocycles. The molecular formula is C14H30N2O. The molecule has 0 aromatic rings. The van der Waals surface area contributed by atoms with Crippen LogP contribution in [0.2, 0.25) is 0 Å². The molecule has 2 unspecified atom stereocenters. The molecule has 1 saturated carbocycles. The SMILES string of the molecule is CCNC(C)(CO)CCCN(C)C(C)C1CC1. The van der Waals surface area contributed by atoms with Gasteiger partial charge in [0.1, 0.15) is 0 Å². The second kappa shape index (κ2) is 6.72. The zero-order valence-corrected chi connectivity index (χ0v) is 12.0. The maximum Gasteiger partial charge on any atom is 0.0610 e. The quantitative estimate of drug-likeness (QED) is 0.648. The van der Waals surface area contributed by atoms with E-state index in [0.717, 1.165) is 37.9 Å². The summed E-state index contributed by atoms with van der Waals surface area (Å²) in [5, 5.41) is 12.8. The number of aliphatic hydroxyl groups is 1. The third kappa shape index (κ3) is 4.94. The molecule has 0 aromatic heterocycles. The number of nitrogens with one attached hydrogen (secondary N) is 1. The predicted molar refractivity (Wildman–Crippen MR) is 73.2 cm³/mol. The third-order valence-electron chi connectivity index (χ3n) is 4.19. The van der Waals surface area contributed by atoms with Crippen LogP contribution in [0.25, 0.3) is 0 Å². The zero-order chi connectivity index (χ0) is 12.9. The van der Waals surface area contributed by atoms with Crippen LogP contribution >= 0.6 is 0 Å². The first kappa shape index (κ1) is 14.9. The van der Waals surface area contributed by atoms with Crippen LogP contribution in [0.4, 0.5) is 0 Å². The van der Waals surface area contributed by atoms with E-state index in [9.17, 15) is 5.11 Å². The van der Waals surface area contributed by atoms with E-state index < -0.39 is 0 Å². The molecule has 0 aliphatic heterocycles.